The van der Waals surface area contributed by atoms with Gasteiger partial charge in [-0.1, -0.05) is 29.8 Å². The molecule has 2 aromatic carbocycles. The molecule has 6 nitrogen and oxygen atoms in total. The molecule has 1 saturated heterocycles. The number of benzene rings is 2. The summed E-state index contributed by atoms with van der Waals surface area (Å²) >= 11 is 6.15. The number of halogens is 1. The number of amides is 1. The molecule has 0 unspecified atom stereocenters. The lowest BCUT2D eigenvalue weighted by Crippen LogP contribution is -2.34. The first-order valence-electron chi connectivity index (χ1n) is 12.4. The van der Waals surface area contributed by atoms with Crippen molar-refractivity contribution in [3.8, 4) is 11.5 Å². The van der Waals surface area contributed by atoms with Gasteiger partial charge in [0.1, 0.15) is 0 Å². The minimum atomic E-state index is -0.0701. The summed E-state index contributed by atoms with van der Waals surface area (Å²) in [6, 6.07) is 17.7. The number of ether oxygens (including phenoxy) is 2. The number of methoxy groups -OCH3 is 2. The summed E-state index contributed by atoms with van der Waals surface area (Å²) in [4.78, 5) is 20.4. The van der Waals surface area contributed by atoms with Crippen molar-refractivity contribution < 1.29 is 14.3 Å². The van der Waals surface area contributed by atoms with E-state index in [9.17, 15) is 4.79 Å². The lowest BCUT2D eigenvalue weighted by atomic mass is 9.89. The van der Waals surface area contributed by atoms with E-state index in [4.69, 9.17) is 26.1 Å². The maximum atomic E-state index is 13.2. The molecular formula is C29H34ClN3O3. The minimum Gasteiger partial charge on any atom is -0.493 e. The third-order valence-electron chi connectivity index (χ3n) is 6.73. The van der Waals surface area contributed by atoms with Gasteiger partial charge < -0.3 is 14.8 Å². The molecule has 3 aromatic rings. The first-order valence-corrected chi connectivity index (χ1v) is 12.8. The Hall–Kier alpha value is -3.09. The van der Waals surface area contributed by atoms with Crippen LogP contribution in [0.15, 0.2) is 54.6 Å². The summed E-state index contributed by atoms with van der Waals surface area (Å²) in [5, 5.41) is 3.86. The van der Waals surface area contributed by atoms with Crippen LogP contribution in [0.25, 0.3) is 0 Å². The van der Waals surface area contributed by atoms with Gasteiger partial charge in [0.2, 0.25) is 0 Å². The van der Waals surface area contributed by atoms with Crippen LogP contribution >= 0.6 is 11.6 Å². The molecule has 4 rings (SSSR count). The topological polar surface area (TPSA) is 63.7 Å². The summed E-state index contributed by atoms with van der Waals surface area (Å²) in [5.74, 6) is 1.58. The number of carbonyl (C=O) groups is 1. The molecular weight excluding hydrogens is 474 g/mol. The van der Waals surface area contributed by atoms with Crippen molar-refractivity contribution in [1.29, 1.82) is 0 Å². The number of aryl methyl sites for hydroxylation is 1. The molecule has 0 aliphatic carbocycles. The second-order valence-electron chi connectivity index (χ2n) is 9.26. The Balaban J connectivity index is 1.36. The zero-order valence-corrected chi connectivity index (χ0v) is 22.0. The molecule has 0 atom stereocenters. The Morgan fingerprint density at radius 1 is 1.03 bits per heavy atom. The summed E-state index contributed by atoms with van der Waals surface area (Å²) in [5.41, 5.74) is 4.84. The molecule has 1 aliphatic rings. The lowest BCUT2D eigenvalue weighted by Gasteiger charge is -2.32. The predicted molar refractivity (Wildman–Crippen MR) is 143 cm³/mol. The maximum Gasteiger partial charge on any atom is 0.253 e. The molecule has 2 heterocycles. The van der Waals surface area contributed by atoms with Gasteiger partial charge in [0, 0.05) is 29.7 Å². The van der Waals surface area contributed by atoms with Crippen LogP contribution in [0.5, 0.6) is 11.5 Å². The van der Waals surface area contributed by atoms with Crippen LogP contribution in [0.2, 0.25) is 5.02 Å². The normalized spacial score (nSPS) is 14.4. The molecule has 0 saturated carbocycles. The summed E-state index contributed by atoms with van der Waals surface area (Å²) < 4.78 is 10.7. The first kappa shape index (κ1) is 26.0. The number of aromatic nitrogens is 1. The number of hydrogen-bond donors (Lipinski definition) is 1. The predicted octanol–water partition coefficient (Wildman–Crippen LogP) is 5.41. The van der Waals surface area contributed by atoms with Gasteiger partial charge in [-0.15, -0.1) is 0 Å². The summed E-state index contributed by atoms with van der Waals surface area (Å²) in [7, 11) is 3.24. The van der Waals surface area contributed by atoms with Crippen molar-refractivity contribution in [3.63, 3.8) is 0 Å². The minimum absolute atomic E-state index is 0.0701. The van der Waals surface area contributed by atoms with Crippen LogP contribution in [0.1, 0.15) is 51.6 Å². The largest absolute Gasteiger partial charge is 0.493 e. The van der Waals surface area contributed by atoms with Gasteiger partial charge in [-0.05, 0) is 86.8 Å². The molecule has 0 spiro atoms. The molecule has 0 radical (unpaired) electrons. The van der Waals surface area contributed by atoms with Crippen LogP contribution in [0, 0.1) is 6.92 Å². The molecule has 1 N–H and O–H groups in total. The van der Waals surface area contributed by atoms with E-state index in [1.54, 1.807) is 14.2 Å². The zero-order valence-electron chi connectivity index (χ0n) is 21.2. The van der Waals surface area contributed by atoms with Gasteiger partial charge >= 0.3 is 0 Å². The van der Waals surface area contributed by atoms with Crippen molar-refractivity contribution in [2.45, 2.75) is 38.6 Å². The van der Waals surface area contributed by atoms with Crippen molar-refractivity contribution >= 4 is 17.5 Å². The van der Waals surface area contributed by atoms with Crippen molar-refractivity contribution in [2.24, 2.45) is 0 Å². The highest BCUT2D eigenvalue weighted by atomic mass is 35.5. The van der Waals surface area contributed by atoms with Crippen LogP contribution < -0.4 is 14.8 Å². The number of hydrogen-bond acceptors (Lipinski definition) is 5. The molecule has 1 aromatic heterocycles. The highest BCUT2D eigenvalue weighted by Gasteiger charge is 2.26. The van der Waals surface area contributed by atoms with Crippen LogP contribution in [0.4, 0.5) is 0 Å². The Labute approximate surface area is 218 Å². The number of likely N-dealkylation sites (tertiary alicyclic amines) is 1. The highest BCUT2D eigenvalue weighted by molar-refractivity contribution is 6.30. The van der Waals surface area contributed by atoms with Crippen molar-refractivity contribution in [3.05, 3.63) is 87.7 Å². The van der Waals surface area contributed by atoms with Gasteiger partial charge in [-0.2, -0.15) is 0 Å². The molecule has 36 heavy (non-hydrogen) atoms. The smallest absolute Gasteiger partial charge is 0.253 e. The first-order chi connectivity index (χ1) is 17.5. The molecule has 190 valence electrons. The second-order valence-corrected chi connectivity index (χ2v) is 9.70. The molecule has 1 fully saturated rings. The SMILES string of the molecule is COc1ccc(CCNC(=O)c2ccc(C)nc2C2CCN(Cc3cccc(Cl)c3)CC2)cc1OC. The average molecular weight is 508 g/mol. The summed E-state index contributed by atoms with van der Waals surface area (Å²) in [6.07, 6.45) is 2.65. The Morgan fingerprint density at radius 2 is 1.81 bits per heavy atom. The number of nitrogens with zero attached hydrogens (tertiary/aromatic N) is 2. The number of carbonyl (C=O) groups excluding carboxylic acids is 1. The molecule has 0 bridgehead atoms. The number of piperidine rings is 1. The zero-order chi connectivity index (χ0) is 25.5. The Morgan fingerprint density at radius 3 is 2.53 bits per heavy atom. The second kappa shape index (κ2) is 12.2. The van der Waals surface area contributed by atoms with Gasteiger partial charge in [-0.3, -0.25) is 14.7 Å². The van der Waals surface area contributed by atoms with Crippen LogP contribution in [-0.2, 0) is 13.0 Å². The molecule has 1 amide bonds. The third-order valence-corrected chi connectivity index (χ3v) is 6.96. The van der Waals surface area contributed by atoms with E-state index in [2.05, 4.69) is 16.3 Å². The van der Waals surface area contributed by atoms with Crippen LogP contribution in [-0.4, -0.2) is 49.6 Å². The van der Waals surface area contributed by atoms with E-state index in [1.165, 1.54) is 5.56 Å². The van der Waals surface area contributed by atoms with E-state index in [1.807, 2.05) is 55.5 Å². The van der Waals surface area contributed by atoms with Gasteiger partial charge in [0.05, 0.1) is 25.5 Å². The van der Waals surface area contributed by atoms with Crippen molar-refractivity contribution in [1.82, 2.24) is 15.2 Å². The van der Waals surface area contributed by atoms with Gasteiger partial charge in [0.15, 0.2) is 11.5 Å². The van der Waals surface area contributed by atoms with Crippen molar-refractivity contribution in [2.75, 3.05) is 33.9 Å². The fourth-order valence-electron chi connectivity index (χ4n) is 4.79. The maximum absolute atomic E-state index is 13.2. The monoisotopic (exact) mass is 507 g/mol. The number of rotatable bonds is 9. The van der Waals surface area contributed by atoms with E-state index in [-0.39, 0.29) is 11.8 Å². The Bertz CT molecular complexity index is 1190. The molecule has 1 aliphatic heterocycles. The van der Waals surface area contributed by atoms with E-state index in [0.29, 0.717) is 30.0 Å². The number of nitrogens with one attached hydrogen (secondary N) is 1. The fourth-order valence-corrected chi connectivity index (χ4v) is 5.00. The van der Waals surface area contributed by atoms with E-state index < -0.39 is 0 Å². The van der Waals surface area contributed by atoms with Gasteiger partial charge in [-0.25, -0.2) is 0 Å². The fraction of sp³-hybridized carbons (Fsp3) is 0.379. The lowest BCUT2D eigenvalue weighted by molar-refractivity contribution is 0.0951. The average Bonchev–Trinajstić information content (AvgIpc) is 2.89. The molecule has 7 heteroatoms. The Kier molecular flexibility index (Phi) is 8.83. The summed E-state index contributed by atoms with van der Waals surface area (Å²) in [6.45, 7) is 5.33. The number of pyridine rings is 1. The van der Waals surface area contributed by atoms with Gasteiger partial charge in [0.25, 0.3) is 5.91 Å². The third kappa shape index (κ3) is 6.56. The quantitative estimate of drug-likeness (QED) is 0.419. The standard InChI is InChI=1S/C29H34ClN3O3/c1-20-7-9-25(29(34)31-14-11-21-8-10-26(35-2)27(18-21)36-3)28(32-20)23-12-15-33(16-13-23)19-22-5-4-6-24(30)17-22/h4-10,17-18,23H,11-16,19H2,1-3H3,(H,31,34). The van der Waals surface area contributed by atoms with E-state index >= 15 is 0 Å². The highest BCUT2D eigenvalue weighted by Crippen LogP contribution is 2.31. The van der Waals surface area contributed by atoms with Crippen LogP contribution in [0.3, 0.4) is 0 Å². The van der Waals surface area contributed by atoms with E-state index in [0.717, 1.165) is 54.4 Å².